The van der Waals surface area contributed by atoms with E-state index in [9.17, 15) is 20.0 Å². The monoisotopic (exact) mass is 356 g/mol. The molecule has 1 N–H and O–H groups in total. The number of rotatable bonds is 2. The topological polar surface area (TPSA) is 83.7 Å². The zero-order chi connectivity index (χ0) is 15.6. The largest absolute Gasteiger partial charge is 0.390 e. The maximum atomic E-state index is 12.6. The third kappa shape index (κ3) is 3.59. The summed E-state index contributed by atoms with van der Waals surface area (Å²) in [6.07, 6.45) is 1.86. The molecule has 21 heavy (non-hydrogen) atoms. The third-order valence-corrected chi connectivity index (χ3v) is 4.59. The quantitative estimate of drug-likeness (QED) is 0.652. The summed E-state index contributed by atoms with van der Waals surface area (Å²) in [7, 11) is 0. The van der Waals surface area contributed by atoms with Crippen molar-refractivity contribution in [2.75, 3.05) is 13.1 Å². The molecule has 1 fully saturated rings. The molecule has 1 amide bonds. The summed E-state index contributed by atoms with van der Waals surface area (Å²) in [4.78, 5) is 24.6. The lowest BCUT2D eigenvalue weighted by atomic mass is 9.98. The number of benzene rings is 1. The summed E-state index contributed by atoms with van der Waals surface area (Å²) in [6.45, 7) is 2.76. The molecule has 0 aliphatic carbocycles. The van der Waals surface area contributed by atoms with Crippen LogP contribution in [0.2, 0.25) is 0 Å². The standard InChI is InChI=1S/C14H17BrN2O4/c1-14(19)6-3-8-16(9-7-14)13(18)10-4-2-5-11(12(10)15)17(20)21/h2,4-5,19H,3,6-9H2,1H3. The Morgan fingerprint density at radius 1 is 1.43 bits per heavy atom. The van der Waals surface area contributed by atoms with Gasteiger partial charge in [0.15, 0.2) is 0 Å². The number of carbonyl (C=O) groups excluding carboxylic acids is 1. The van der Waals surface area contributed by atoms with E-state index in [0.717, 1.165) is 0 Å². The fraction of sp³-hybridized carbons (Fsp3) is 0.500. The van der Waals surface area contributed by atoms with Crippen molar-refractivity contribution in [1.82, 2.24) is 4.90 Å². The van der Waals surface area contributed by atoms with Crippen molar-refractivity contribution < 1.29 is 14.8 Å². The number of carbonyl (C=O) groups is 1. The molecule has 1 aliphatic rings. The van der Waals surface area contributed by atoms with Crippen molar-refractivity contribution in [3.8, 4) is 0 Å². The Bertz CT molecular complexity index is 574. The minimum atomic E-state index is -0.755. The van der Waals surface area contributed by atoms with Gasteiger partial charge in [-0.1, -0.05) is 6.07 Å². The van der Waals surface area contributed by atoms with Crippen LogP contribution in [0.4, 0.5) is 5.69 Å². The van der Waals surface area contributed by atoms with Crippen LogP contribution in [-0.4, -0.2) is 39.5 Å². The number of nitro benzene ring substituents is 1. The summed E-state index contributed by atoms with van der Waals surface area (Å²) in [6, 6.07) is 4.43. The molecule has 1 heterocycles. The van der Waals surface area contributed by atoms with Crippen LogP contribution < -0.4 is 0 Å². The Labute approximate surface area is 131 Å². The highest BCUT2D eigenvalue weighted by Gasteiger charge is 2.29. The maximum absolute atomic E-state index is 12.6. The highest BCUT2D eigenvalue weighted by Crippen LogP contribution is 2.30. The van der Waals surface area contributed by atoms with E-state index in [1.54, 1.807) is 17.9 Å². The third-order valence-electron chi connectivity index (χ3n) is 3.76. The van der Waals surface area contributed by atoms with Gasteiger partial charge in [0, 0.05) is 19.2 Å². The number of aliphatic hydroxyl groups is 1. The number of likely N-dealkylation sites (tertiary alicyclic amines) is 1. The zero-order valence-electron chi connectivity index (χ0n) is 11.7. The molecule has 1 aromatic rings. The van der Waals surface area contributed by atoms with Crippen LogP contribution >= 0.6 is 15.9 Å². The second-order valence-corrected chi connectivity index (χ2v) is 6.33. The molecule has 1 aliphatic heterocycles. The molecule has 1 unspecified atom stereocenters. The van der Waals surface area contributed by atoms with Crippen molar-refractivity contribution in [2.24, 2.45) is 0 Å². The van der Waals surface area contributed by atoms with Gasteiger partial charge >= 0.3 is 0 Å². The second kappa shape index (κ2) is 6.11. The summed E-state index contributed by atoms with van der Waals surface area (Å²) < 4.78 is 0.205. The van der Waals surface area contributed by atoms with Crippen LogP contribution in [0.3, 0.4) is 0 Å². The van der Waals surface area contributed by atoms with Crippen LogP contribution in [-0.2, 0) is 0 Å². The number of amides is 1. The molecular formula is C14H17BrN2O4. The van der Waals surface area contributed by atoms with E-state index in [1.807, 2.05) is 0 Å². The Morgan fingerprint density at radius 3 is 2.81 bits per heavy atom. The second-order valence-electron chi connectivity index (χ2n) is 5.54. The van der Waals surface area contributed by atoms with Gasteiger partial charge in [-0.05, 0) is 48.2 Å². The minimum absolute atomic E-state index is 0.123. The number of hydrogen-bond donors (Lipinski definition) is 1. The lowest BCUT2D eigenvalue weighted by molar-refractivity contribution is -0.385. The predicted octanol–water partition coefficient (Wildman–Crippen LogP) is 2.73. The van der Waals surface area contributed by atoms with E-state index in [2.05, 4.69) is 15.9 Å². The lowest BCUT2D eigenvalue weighted by Crippen LogP contribution is -2.33. The average Bonchev–Trinajstić information content (AvgIpc) is 2.59. The number of nitrogens with zero attached hydrogens (tertiary/aromatic N) is 2. The Balaban J connectivity index is 2.24. The van der Waals surface area contributed by atoms with Crippen LogP contribution in [0, 0.1) is 10.1 Å². The Morgan fingerprint density at radius 2 is 2.14 bits per heavy atom. The van der Waals surface area contributed by atoms with Crippen molar-refractivity contribution in [2.45, 2.75) is 31.8 Å². The molecule has 0 aromatic heterocycles. The number of nitro groups is 1. The minimum Gasteiger partial charge on any atom is -0.390 e. The molecule has 6 nitrogen and oxygen atoms in total. The van der Waals surface area contributed by atoms with E-state index < -0.39 is 10.5 Å². The molecule has 1 aromatic carbocycles. The fourth-order valence-electron chi connectivity index (χ4n) is 2.46. The molecule has 1 saturated heterocycles. The lowest BCUT2D eigenvalue weighted by Gasteiger charge is -2.23. The van der Waals surface area contributed by atoms with E-state index in [-0.39, 0.29) is 21.6 Å². The first-order chi connectivity index (χ1) is 9.82. The molecule has 0 radical (unpaired) electrons. The smallest absolute Gasteiger partial charge is 0.284 e. The molecule has 114 valence electrons. The van der Waals surface area contributed by atoms with E-state index in [1.165, 1.54) is 12.1 Å². The molecule has 0 bridgehead atoms. The Hall–Kier alpha value is -1.47. The zero-order valence-corrected chi connectivity index (χ0v) is 13.3. The normalized spacial score (nSPS) is 22.7. The first-order valence-corrected chi connectivity index (χ1v) is 7.56. The van der Waals surface area contributed by atoms with Gasteiger partial charge in [0.05, 0.1) is 16.1 Å². The van der Waals surface area contributed by atoms with Crippen molar-refractivity contribution in [3.63, 3.8) is 0 Å². The fourth-order valence-corrected chi connectivity index (χ4v) is 3.04. The van der Waals surface area contributed by atoms with E-state index in [0.29, 0.717) is 32.4 Å². The van der Waals surface area contributed by atoms with Gasteiger partial charge in [0.25, 0.3) is 11.6 Å². The summed E-state index contributed by atoms with van der Waals surface area (Å²) in [5.41, 5.74) is -0.594. The number of halogens is 1. The van der Waals surface area contributed by atoms with Crippen LogP contribution in [0.25, 0.3) is 0 Å². The van der Waals surface area contributed by atoms with Crippen LogP contribution in [0.1, 0.15) is 36.5 Å². The van der Waals surface area contributed by atoms with Gasteiger partial charge < -0.3 is 10.0 Å². The van der Waals surface area contributed by atoms with E-state index in [4.69, 9.17) is 0 Å². The first-order valence-electron chi connectivity index (χ1n) is 6.76. The van der Waals surface area contributed by atoms with Crippen molar-refractivity contribution in [1.29, 1.82) is 0 Å². The van der Waals surface area contributed by atoms with Gasteiger partial charge in [0.2, 0.25) is 0 Å². The molecule has 0 saturated carbocycles. The molecular weight excluding hydrogens is 340 g/mol. The van der Waals surface area contributed by atoms with Gasteiger partial charge in [-0.15, -0.1) is 0 Å². The molecule has 7 heteroatoms. The predicted molar refractivity (Wildman–Crippen MR) is 81.2 cm³/mol. The number of hydrogen-bond acceptors (Lipinski definition) is 4. The van der Waals surface area contributed by atoms with Crippen molar-refractivity contribution >= 4 is 27.5 Å². The summed E-state index contributed by atoms with van der Waals surface area (Å²) >= 11 is 3.15. The highest BCUT2D eigenvalue weighted by atomic mass is 79.9. The van der Waals surface area contributed by atoms with Crippen LogP contribution in [0.15, 0.2) is 22.7 Å². The highest BCUT2D eigenvalue weighted by molar-refractivity contribution is 9.10. The molecule has 0 spiro atoms. The summed E-state index contributed by atoms with van der Waals surface area (Å²) in [5, 5.41) is 21.0. The van der Waals surface area contributed by atoms with Gasteiger partial charge in [0.1, 0.15) is 4.47 Å². The van der Waals surface area contributed by atoms with E-state index >= 15 is 0 Å². The SMILES string of the molecule is CC1(O)CCCN(C(=O)c2cccc([N+](=O)[O-])c2Br)CC1. The Kier molecular flexibility index (Phi) is 4.63. The van der Waals surface area contributed by atoms with Crippen molar-refractivity contribution in [3.05, 3.63) is 38.3 Å². The maximum Gasteiger partial charge on any atom is 0.284 e. The first kappa shape index (κ1) is 15.9. The van der Waals surface area contributed by atoms with Gasteiger partial charge in [-0.25, -0.2) is 0 Å². The molecule has 2 rings (SSSR count). The summed E-state index contributed by atoms with van der Waals surface area (Å²) in [5.74, 6) is -0.247. The molecule has 1 atom stereocenters. The van der Waals surface area contributed by atoms with Crippen LogP contribution in [0.5, 0.6) is 0 Å². The van der Waals surface area contributed by atoms with Gasteiger partial charge in [-0.3, -0.25) is 14.9 Å². The average molecular weight is 357 g/mol. The van der Waals surface area contributed by atoms with Gasteiger partial charge in [-0.2, -0.15) is 0 Å².